The molecule has 1 rings (SSSR count). The van der Waals surface area contributed by atoms with E-state index >= 15 is 0 Å². The van der Waals surface area contributed by atoms with Crippen LogP contribution in [-0.4, -0.2) is 71.9 Å². The van der Waals surface area contributed by atoms with Gasteiger partial charge in [-0.15, -0.1) is 24.0 Å². The molecule has 0 aromatic carbocycles. The summed E-state index contributed by atoms with van der Waals surface area (Å²) in [6.07, 6.45) is 1.51. The van der Waals surface area contributed by atoms with Crippen molar-refractivity contribution < 1.29 is 9.53 Å². The second kappa shape index (κ2) is 12.0. The molecule has 1 heterocycles. The fourth-order valence-electron chi connectivity index (χ4n) is 1.72. The van der Waals surface area contributed by atoms with Crippen LogP contribution in [0.5, 0.6) is 0 Å². The van der Waals surface area contributed by atoms with Gasteiger partial charge >= 0.3 is 0 Å². The van der Waals surface area contributed by atoms with Gasteiger partial charge in [-0.3, -0.25) is 9.48 Å². The molecule has 0 bridgehead atoms. The van der Waals surface area contributed by atoms with Gasteiger partial charge < -0.3 is 20.3 Å². The first kappa shape index (κ1) is 21.6. The molecule has 0 saturated heterocycles. The van der Waals surface area contributed by atoms with Crippen LogP contribution in [0.3, 0.4) is 0 Å². The molecule has 0 aliphatic rings. The van der Waals surface area contributed by atoms with Crippen molar-refractivity contribution in [1.29, 1.82) is 0 Å². The highest BCUT2D eigenvalue weighted by Crippen LogP contribution is 1.98. The number of nitrogens with zero attached hydrogens (tertiary/aromatic N) is 5. The molecule has 0 atom stereocenters. The minimum Gasteiger partial charge on any atom is -0.383 e. The van der Waals surface area contributed by atoms with Crippen LogP contribution in [0.4, 0.5) is 0 Å². The zero-order valence-electron chi connectivity index (χ0n) is 14.1. The zero-order chi connectivity index (χ0) is 16.4. The van der Waals surface area contributed by atoms with Crippen molar-refractivity contribution in [2.75, 3.05) is 40.4 Å². The number of aromatic nitrogens is 3. The number of halogens is 1. The molecule has 0 unspecified atom stereocenters. The van der Waals surface area contributed by atoms with E-state index in [-0.39, 0.29) is 36.4 Å². The van der Waals surface area contributed by atoms with E-state index in [0.29, 0.717) is 32.2 Å². The third-order valence-electron chi connectivity index (χ3n) is 2.88. The van der Waals surface area contributed by atoms with Crippen LogP contribution in [0.2, 0.25) is 0 Å². The van der Waals surface area contributed by atoms with Gasteiger partial charge in [0, 0.05) is 34.3 Å². The molecule has 0 aliphatic carbocycles. The van der Waals surface area contributed by atoms with Crippen LogP contribution in [0, 0.1) is 0 Å². The fourth-order valence-corrected chi connectivity index (χ4v) is 1.72. The van der Waals surface area contributed by atoms with Crippen LogP contribution < -0.4 is 10.6 Å². The number of guanidine groups is 1. The van der Waals surface area contributed by atoms with Gasteiger partial charge in [-0.05, 0) is 6.92 Å². The summed E-state index contributed by atoms with van der Waals surface area (Å²) in [5.41, 5.74) is 0. The Kier molecular flexibility index (Phi) is 11.3. The normalized spacial score (nSPS) is 10.9. The largest absolute Gasteiger partial charge is 0.383 e. The van der Waals surface area contributed by atoms with Gasteiger partial charge in [-0.25, -0.2) is 9.98 Å². The van der Waals surface area contributed by atoms with Crippen LogP contribution in [-0.2, 0) is 23.1 Å². The Hall–Kier alpha value is -1.43. The van der Waals surface area contributed by atoms with Crippen molar-refractivity contribution in [1.82, 2.24) is 30.3 Å². The van der Waals surface area contributed by atoms with Gasteiger partial charge in [-0.2, -0.15) is 5.10 Å². The molecule has 2 N–H and O–H groups in total. The van der Waals surface area contributed by atoms with E-state index in [0.717, 1.165) is 5.82 Å². The number of hydrogen-bond acceptors (Lipinski definition) is 5. The number of carbonyl (C=O) groups is 1. The SMILES string of the molecule is CCNC(=NCC(=O)NCCOC)N(C)Cc1ncnn1C.I. The van der Waals surface area contributed by atoms with E-state index in [2.05, 4.69) is 25.7 Å². The van der Waals surface area contributed by atoms with Gasteiger partial charge in [0.15, 0.2) is 5.96 Å². The first-order chi connectivity index (χ1) is 10.6. The van der Waals surface area contributed by atoms with Gasteiger partial charge in [-0.1, -0.05) is 0 Å². The van der Waals surface area contributed by atoms with Crippen molar-refractivity contribution in [2.45, 2.75) is 13.5 Å². The average molecular weight is 439 g/mol. The first-order valence-electron chi connectivity index (χ1n) is 7.16. The van der Waals surface area contributed by atoms with E-state index in [1.165, 1.54) is 6.33 Å². The Balaban J connectivity index is 0.00000484. The minimum atomic E-state index is -0.139. The smallest absolute Gasteiger partial charge is 0.241 e. The van der Waals surface area contributed by atoms with E-state index in [9.17, 15) is 4.79 Å². The van der Waals surface area contributed by atoms with Crippen molar-refractivity contribution >= 4 is 35.8 Å². The number of nitrogens with one attached hydrogen (secondary N) is 2. The summed E-state index contributed by atoms with van der Waals surface area (Å²) in [6.45, 7) is 4.28. The molecule has 0 saturated carbocycles. The van der Waals surface area contributed by atoms with Crippen molar-refractivity contribution in [3.8, 4) is 0 Å². The lowest BCUT2D eigenvalue weighted by molar-refractivity contribution is -0.119. The average Bonchev–Trinajstić information content (AvgIpc) is 2.89. The molecule has 10 heteroatoms. The molecule has 1 aromatic heterocycles. The number of aryl methyl sites for hydroxylation is 1. The number of rotatable bonds is 8. The lowest BCUT2D eigenvalue weighted by Crippen LogP contribution is -2.40. The highest BCUT2D eigenvalue weighted by molar-refractivity contribution is 14.0. The molecule has 0 radical (unpaired) electrons. The summed E-state index contributed by atoms with van der Waals surface area (Å²) in [4.78, 5) is 22.1. The quantitative estimate of drug-likeness (QED) is 0.248. The van der Waals surface area contributed by atoms with E-state index < -0.39 is 0 Å². The molecular weight excluding hydrogens is 413 g/mol. The summed E-state index contributed by atoms with van der Waals surface area (Å²) >= 11 is 0. The minimum absolute atomic E-state index is 0. The number of methoxy groups -OCH3 is 1. The highest BCUT2D eigenvalue weighted by atomic mass is 127. The third kappa shape index (κ3) is 8.11. The number of amides is 1. The second-order valence-electron chi connectivity index (χ2n) is 4.67. The standard InChI is InChI=1S/C13H25N7O2.HI/c1-5-14-13(16-8-12(21)15-6-7-22-4)19(2)9-11-17-10-18-20(11)3;/h10H,5-9H2,1-4H3,(H,14,16)(H,15,21);1H. The fraction of sp³-hybridized carbons (Fsp3) is 0.692. The van der Waals surface area contributed by atoms with Crippen molar-refractivity contribution in [2.24, 2.45) is 12.0 Å². The summed E-state index contributed by atoms with van der Waals surface area (Å²) < 4.78 is 6.58. The maximum atomic E-state index is 11.7. The number of aliphatic imine (C=N–C) groups is 1. The highest BCUT2D eigenvalue weighted by Gasteiger charge is 2.10. The summed E-state index contributed by atoms with van der Waals surface area (Å²) in [5.74, 6) is 1.32. The first-order valence-corrected chi connectivity index (χ1v) is 7.16. The zero-order valence-corrected chi connectivity index (χ0v) is 16.4. The third-order valence-corrected chi connectivity index (χ3v) is 2.88. The van der Waals surface area contributed by atoms with Crippen molar-refractivity contribution in [3.63, 3.8) is 0 Å². The van der Waals surface area contributed by atoms with Gasteiger partial charge in [0.2, 0.25) is 5.91 Å². The maximum absolute atomic E-state index is 11.7. The Morgan fingerprint density at radius 1 is 1.48 bits per heavy atom. The maximum Gasteiger partial charge on any atom is 0.241 e. The van der Waals surface area contributed by atoms with Crippen LogP contribution in [0.15, 0.2) is 11.3 Å². The second-order valence-corrected chi connectivity index (χ2v) is 4.67. The Labute approximate surface area is 153 Å². The molecule has 1 amide bonds. The topological polar surface area (TPSA) is 96.7 Å². The predicted octanol–water partition coefficient (Wildman–Crippen LogP) is -0.407. The molecule has 0 fully saturated rings. The number of ether oxygens (including phenoxy) is 1. The molecule has 0 spiro atoms. The van der Waals surface area contributed by atoms with Crippen LogP contribution >= 0.6 is 24.0 Å². The molecule has 9 nitrogen and oxygen atoms in total. The lowest BCUT2D eigenvalue weighted by atomic mass is 10.5. The Bertz CT molecular complexity index is 492. The van der Waals surface area contributed by atoms with Crippen molar-refractivity contribution in [3.05, 3.63) is 12.2 Å². The van der Waals surface area contributed by atoms with Gasteiger partial charge in [0.05, 0.1) is 13.2 Å². The predicted molar refractivity (Wildman–Crippen MR) is 98.7 cm³/mol. The number of carbonyl (C=O) groups excluding carboxylic acids is 1. The summed E-state index contributed by atoms with van der Waals surface area (Å²) in [5, 5.41) is 9.92. The summed E-state index contributed by atoms with van der Waals surface area (Å²) in [6, 6.07) is 0. The summed E-state index contributed by atoms with van der Waals surface area (Å²) in [7, 11) is 5.32. The van der Waals surface area contributed by atoms with E-state index in [4.69, 9.17) is 4.74 Å². The number of hydrogen-bond donors (Lipinski definition) is 2. The monoisotopic (exact) mass is 439 g/mol. The molecular formula is C13H26IN7O2. The molecule has 0 aliphatic heterocycles. The molecule has 132 valence electrons. The van der Waals surface area contributed by atoms with E-state index in [1.807, 2.05) is 25.9 Å². The van der Waals surface area contributed by atoms with Crippen LogP contribution in [0.25, 0.3) is 0 Å². The van der Waals surface area contributed by atoms with Crippen LogP contribution in [0.1, 0.15) is 12.7 Å². The Morgan fingerprint density at radius 3 is 2.78 bits per heavy atom. The van der Waals surface area contributed by atoms with E-state index in [1.54, 1.807) is 11.8 Å². The van der Waals surface area contributed by atoms with Gasteiger partial charge in [0.1, 0.15) is 18.7 Å². The molecule has 1 aromatic rings. The lowest BCUT2D eigenvalue weighted by Gasteiger charge is -2.21. The van der Waals surface area contributed by atoms with Gasteiger partial charge in [0.25, 0.3) is 0 Å². The Morgan fingerprint density at radius 2 is 2.22 bits per heavy atom. The molecule has 23 heavy (non-hydrogen) atoms.